The van der Waals surface area contributed by atoms with Crippen LogP contribution in [0.1, 0.15) is 31.7 Å². The summed E-state index contributed by atoms with van der Waals surface area (Å²) >= 11 is 10.3. The smallest absolute Gasteiger partial charge is 0.344 e. The average molecular weight is 646 g/mol. The number of nitrogens with zero attached hydrogens (tertiary/aromatic N) is 3. The Morgan fingerprint density at radius 3 is 2.64 bits per heavy atom. The van der Waals surface area contributed by atoms with E-state index in [1.807, 2.05) is 13.0 Å². The molecule has 2 aromatic carbocycles. The van der Waals surface area contributed by atoms with Gasteiger partial charge in [-0.1, -0.05) is 22.9 Å². The Balaban J connectivity index is 2.12. The predicted octanol–water partition coefficient (Wildman–Crippen LogP) is 5.38. The van der Waals surface area contributed by atoms with Gasteiger partial charge in [0.25, 0.3) is 5.56 Å². The van der Waals surface area contributed by atoms with Crippen LogP contribution in [0, 0.1) is 0 Å². The third-order valence-electron chi connectivity index (χ3n) is 4.68. The molecular formula is C22H20Br3N3O5. The minimum absolute atomic E-state index is 0.234. The van der Waals surface area contributed by atoms with E-state index in [1.54, 1.807) is 18.2 Å². The molecule has 33 heavy (non-hydrogen) atoms. The molecule has 3 rings (SSSR count). The number of fused-ring (bicyclic) bond motifs is 1. The Morgan fingerprint density at radius 1 is 1.27 bits per heavy atom. The second-order valence-electron chi connectivity index (χ2n) is 7.02. The zero-order valence-electron chi connectivity index (χ0n) is 17.9. The van der Waals surface area contributed by atoms with Crippen LogP contribution in [0.4, 0.5) is 0 Å². The van der Waals surface area contributed by atoms with Crippen LogP contribution in [-0.2, 0) is 11.2 Å². The summed E-state index contributed by atoms with van der Waals surface area (Å²) in [6, 6.07) is 6.99. The molecule has 1 heterocycles. The van der Waals surface area contributed by atoms with Crippen LogP contribution in [0.5, 0.6) is 11.5 Å². The van der Waals surface area contributed by atoms with Crippen LogP contribution >= 0.6 is 47.8 Å². The monoisotopic (exact) mass is 643 g/mol. The molecule has 0 radical (unpaired) electrons. The highest BCUT2D eigenvalue weighted by atomic mass is 79.9. The van der Waals surface area contributed by atoms with Crippen molar-refractivity contribution in [2.24, 2.45) is 5.10 Å². The quantitative estimate of drug-likeness (QED) is 0.330. The van der Waals surface area contributed by atoms with Crippen molar-refractivity contribution >= 4 is 70.9 Å². The fraction of sp³-hybridized carbons (Fsp3) is 0.273. The van der Waals surface area contributed by atoms with E-state index in [-0.39, 0.29) is 11.3 Å². The van der Waals surface area contributed by atoms with Crippen molar-refractivity contribution in [1.82, 2.24) is 9.66 Å². The van der Waals surface area contributed by atoms with Gasteiger partial charge in [-0.2, -0.15) is 9.78 Å². The van der Waals surface area contributed by atoms with Crippen molar-refractivity contribution in [1.29, 1.82) is 0 Å². The third-order valence-corrected chi connectivity index (χ3v) is 7.32. The summed E-state index contributed by atoms with van der Waals surface area (Å²) in [7, 11) is 1.45. The Labute approximate surface area is 215 Å². The molecule has 0 aliphatic heterocycles. The molecule has 0 unspecified atom stereocenters. The normalized spacial score (nSPS) is 12.3. The molecule has 0 fully saturated rings. The van der Waals surface area contributed by atoms with Gasteiger partial charge in [0.2, 0.25) is 0 Å². The first kappa shape index (κ1) is 25.4. The lowest BCUT2D eigenvalue weighted by Crippen LogP contribution is -2.23. The first-order valence-electron chi connectivity index (χ1n) is 9.88. The number of aromatic nitrogens is 2. The van der Waals surface area contributed by atoms with Crippen molar-refractivity contribution in [3.05, 3.63) is 59.4 Å². The minimum Gasteiger partial charge on any atom is -0.493 e. The zero-order chi connectivity index (χ0) is 24.3. The summed E-state index contributed by atoms with van der Waals surface area (Å²) in [6.45, 7) is 3.42. The van der Waals surface area contributed by atoms with E-state index in [0.717, 1.165) is 10.9 Å². The highest BCUT2D eigenvalue weighted by Crippen LogP contribution is 2.42. The summed E-state index contributed by atoms with van der Waals surface area (Å²) < 4.78 is 14.0. The van der Waals surface area contributed by atoms with Crippen molar-refractivity contribution in [3.63, 3.8) is 0 Å². The molecule has 11 heteroatoms. The second-order valence-corrected chi connectivity index (χ2v) is 9.53. The topological polar surface area (TPSA) is 103 Å². The highest BCUT2D eigenvalue weighted by molar-refractivity contribution is 9.13. The molecule has 3 aromatic rings. The highest BCUT2D eigenvalue weighted by Gasteiger charge is 2.21. The van der Waals surface area contributed by atoms with Crippen LogP contribution in [0.2, 0.25) is 0 Å². The van der Waals surface area contributed by atoms with Crippen LogP contribution in [0.25, 0.3) is 10.9 Å². The summed E-state index contributed by atoms with van der Waals surface area (Å²) in [4.78, 5) is 29.0. The number of carboxylic acids is 1. The standard InChI is InChI=1S/C22H20Br3N3O5/c1-4-5-17-27-15-7-6-13(23)9-14(15)21(29)28(17)26-10-12-8-16(32-3)20(19(25)18(12)24)33-11(2)22(30)31/h6-11H,4-5H2,1-3H3,(H,30,31)/t11-/m0/s1. The number of rotatable bonds is 8. The number of aliphatic carboxylic acids is 1. The van der Waals surface area contributed by atoms with Crippen molar-refractivity contribution < 1.29 is 19.4 Å². The number of ether oxygens (including phenoxy) is 2. The van der Waals surface area contributed by atoms with Gasteiger partial charge >= 0.3 is 5.97 Å². The number of methoxy groups -OCH3 is 1. The molecule has 1 N–H and O–H groups in total. The molecule has 0 amide bonds. The van der Waals surface area contributed by atoms with E-state index in [2.05, 4.69) is 57.9 Å². The molecule has 0 aliphatic rings. The molecule has 1 atom stereocenters. The molecule has 0 saturated heterocycles. The van der Waals surface area contributed by atoms with E-state index in [4.69, 9.17) is 14.6 Å². The minimum atomic E-state index is -1.11. The molecule has 8 nitrogen and oxygen atoms in total. The van der Waals surface area contributed by atoms with Gasteiger partial charge in [0.1, 0.15) is 5.82 Å². The van der Waals surface area contributed by atoms with E-state index < -0.39 is 12.1 Å². The van der Waals surface area contributed by atoms with Crippen molar-refractivity contribution in [3.8, 4) is 11.5 Å². The molecule has 0 spiro atoms. The van der Waals surface area contributed by atoms with Crippen LogP contribution in [-0.4, -0.2) is 40.2 Å². The third kappa shape index (κ3) is 5.47. The number of halogens is 3. The lowest BCUT2D eigenvalue weighted by atomic mass is 10.2. The summed E-state index contributed by atoms with van der Waals surface area (Å²) in [6.07, 6.45) is 1.79. The maximum absolute atomic E-state index is 13.2. The molecular weight excluding hydrogens is 626 g/mol. The number of hydrogen-bond acceptors (Lipinski definition) is 6. The van der Waals surface area contributed by atoms with Crippen molar-refractivity contribution in [2.45, 2.75) is 32.8 Å². The predicted molar refractivity (Wildman–Crippen MR) is 137 cm³/mol. The van der Waals surface area contributed by atoms with Crippen LogP contribution in [0.3, 0.4) is 0 Å². The van der Waals surface area contributed by atoms with Crippen LogP contribution in [0.15, 0.2) is 47.6 Å². The lowest BCUT2D eigenvalue weighted by Gasteiger charge is -2.17. The largest absolute Gasteiger partial charge is 0.493 e. The van der Waals surface area contributed by atoms with E-state index >= 15 is 0 Å². The lowest BCUT2D eigenvalue weighted by molar-refractivity contribution is -0.144. The summed E-state index contributed by atoms with van der Waals surface area (Å²) in [5.41, 5.74) is 0.911. The first-order chi connectivity index (χ1) is 15.7. The zero-order valence-corrected chi connectivity index (χ0v) is 22.7. The maximum atomic E-state index is 13.2. The van der Waals surface area contributed by atoms with E-state index in [9.17, 15) is 9.59 Å². The van der Waals surface area contributed by atoms with E-state index in [1.165, 1.54) is 24.9 Å². The number of benzene rings is 2. The Bertz CT molecular complexity index is 1310. The second kappa shape index (κ2) is 10.8. The maximum Gasteiger partial charge on any atom is 0.344 e. The van der Waals surface area contributed by atoms with Gasteiger partial charge in [-0.15, -0.1) is 0 Å². The Hall–Kier alpha value is -2.24. The molecule has 0 aliphatic carbocycles. The fourth-order valence-electron chi connectivity index (χ4n) is 3.01. The number of carboxylic acid groups (broad SMARTS) is 1. The first-order valence-corrected chi connectivity index (χ1v) is 12.3. The van der Waals surface area contributed by atoms with Gasteiger partial charge in [0, 0.05) is 20.9 Å². The van der Waals surface area contributed by atoms with E-state index in [0.29, 0.717) is 43.4 Å². The van der Waals surface area contributed by atoms with Gasteiger partial charge < -0.3 is 14.6 Å². The van der Waals surface area contributed by atoms with Gasteiger partial charge in [-0.25, -0.2) is 9.78 Å². The SMILES string of the molecule is CCCc1nc2ccc(Br)cc2c(=O)n1N=Cc1cc(OC)c(O[C@@H](C)C(=O)O)c(Br)c1Br. The average Bonchev–Trinajstić information content (AvgIpc) is 2.78. The van der Waals surface area contributed by atoms with Gasteiger partial charge in [-0.05, 0) is 69.5 Å². The molecule has 1 aromatic heterocycles. The Kier molecular flexibility index (Phi) is 8.30. The van der Waals surface area contributed by atoms with Gasteiger partial charge in [-0.3, -0.25) is 4.79 Å². The Morgan fingerprint density at radius 2 is 2.00 bits per heavy atom. The van der Waals surface area contributed by atoms with Crippen LogP contribution < -0.4 is 15.0 Å². The summed E-state index contributed by atoms with van der Waals surface area (Å²) in [5.74, 6) is -0.0197. The van der Waals surface area contributed by atoms with Crippen molar-refractivity contribution in [2.75, 3.05) is 7.11 Å². The number of aryl methyl sites for hydroxylation is 1. The molecule has 0 saturated carbocycles. The molecule has 0 bridgehead atoms. The van der Waals surface area contributed by atoms with Gasteiger partial charge in [0.15, 0.2) is 17.6 Å². The summed E-state index contributed by atoms with van der Waals surface area (Å²) in [5, 5.41) is 14.0. The molecule has 174 valence electrons. The van der Waals surface area contributed by atoms with Gasteiger partial charge in [0.05, 0.1) is 28.7 Å². The number of carbonyl (C=O) groups is 1. The fourth-order valence-corrected chi connectivity index (χ4v) is 4.28. The number of hydrogen-bond donors (Lipinski definition) is 1.